The highest BCUT2D eigenvalue weighted by molar-refractivity contribution is 5.74. The zero-order valence-electron chi connectivity index (χ0n) is 12.6. The molecule has 3 N–H and O–H groups in total. The van der Waals surface area contributed by atoms with Gasteiger partial charge >= 0.3 is 6.03 Å². The Morgan fingerprint density at radius 3 is 2.40 bits per heavy atom. The molecule has 3 aliphatic carbocycles. The highest BCUT2D eigenvalue weighted by Crippen LogP contribution is 2.60. The zero-order valence-corrected chi connectivity index (χ0v) is 12.6. The third-order valence-electron chi connectivity index (χ3n) is 5.87. The molecule has 3 rings (SSSR count). The molecular weight excluding hydrogens is 252 g/mol. The molecule has 3 aliphatic rings. The number of amides is 2. The van der Waals surface area contributed by atoms with E-state index < -0.39 is 0 Å². The Bertz CT molecular complexity index is 377. The van der Waals surface area contributed by atoms with Crippen LogP contribution in [0.4, 0.5) is 4.79 Å². The van der Waals surface area contributed by atoms with E-state index in [0.717, 1.165) is 38.1 Å². The Morgan fingerprint density at radius 2 is 1.80 bits per heavy atom. The van der Waals surface area contributed by atoms with Crippen LogP contribution in [0.1, 0.15) is 58.3 Å². The van der Waals surface area contributed by atoms with E-state index in [-0.39, 0.29) is 17.6 Å². The molecule has 114 valence electrons. The quantitative estimate of drug-likeness (QED) is 0.724. The molecule has 0 aromatic heterocycles. The summed E-state index contributed by atoms with van der Waals surface area (Å²) in [5.74, 6) is 0.875. The first-order chi connectivity index (χ1) is 9.54. The van der Waals surface area contributed by atoms with E-state index in [1.165, 1.54) is 25.7 Å². The van der Waals surface area contributed by atoms with Crippen molar-refractivity contribution in [1.82, 2.24) is 10.6 Å². The lowest BCUT2D eigenvalue weighted by Crippen LogP contribution is -2.48. The van der Waals surface area contributed by atoms with Gasteiger partial charge in [0.1, 0.15) is 0 Å². The van der Waals surface area contributed by atoms with Gasteiger partial charge in [0.15, 0.2) is 0 Å². The summed E-state index contributed by atoms with van der Waals surface area (Å²) in [4.78, 5) is 11.9. The van der Waals surface area contributed by atoms with E-state index in [1.54, 1.807) is 0 Å². The van der Waals surface area contributed by atoms with Crippen LogP contribution < -0.4 is 10.6 Å². The summed E-state index contributed by atoms with van der Waals surface area (Å²) in [5.41, 5.74) is 0.301. The lowest BCUT2D eigenvalue weighted by atomic mass is 9.73. The monoisotopic (exact) mass is 280 g/mol. The fourth-order valence-electron chi connectivity index (χ4n) is 3.77. The molecular formula is C16H28N2O2. The van der Waals surface area contributed by atoms with Gasteiger partial charge in [0.2, 0.25) is 0 Å². The Balaban J connectivity index is 1.40. The first kappa shape index (κ1) is 14.2. The van der Waals surface area contributed by atoms with Gasteiger partial charge in [0.05, 0.1) is 6.10 Å². The molecule has 2 unspecified atom stereocenters. The van der Waals surface area contributed by atoms with Gasteiger partial charge in [-0.15, -0.1) is 0 Å². The summed E-state index contributed by atoms with van der Waals surface area (Å²) < 4.78 is 0. The average Bonchev–Trinajstić information content (AvgIpc) is 3.28. The highest BCUT2D eigenvalue weighted by Gasteiger charge is 2.53. The van der Waals surface area contributed by atoms with Crippen LogP contribution in [-0.4, -0.2) is 30.3 Å². The zero-order chi connectivity index (χ0) is 14.2. The lowest BCUT2D eigenvalue weighted by molar-refractivity contribution is 0.00307. The Labute approximate surface area is 121 Å². The fraction of sp³-hybridized carbons (Fsp3) is 0.938. The maximum absolute atomic E-state index is 11.9. The minimum Gasteiger partial charge on any atom is -0.392 e. The predicted molar refractivity (Wildman–Crippen MR) is 78.4 cm³/mol. The van der Waals surface area contributed by atoms with E-state index in [2.05, 4.69) is 17.6 Å². The van der Waals surface area contributed by atoms with E-state index in [4.69, 9.17) is 0 Å². The van der Waals surface area contributed by atoms with Crippen LogP contribution in [0, 0.1) is 16.7 Å². The van der Waals surface area contributed by atoms with Gasteiger partial charge in [-0.1, -0.05) is 19.8 Å². The largest absolute Gasteiger partial charge is 0.392 e. The normalized spacial score (nSPS) is 35.4. The first-order valence-corrected chi connectivity index (χ1v) is 8.24. The highest BCUT2D eigenvalue weighted by atomic mass is 16.3. The molecule has 3 saturated carbocycles. The van der Waals surface area contributed by atoms with Crippen LogP contribution in [-0.2, 0) is 0 Å². The summed E-state index contributed by atoms with van der Waals surface area (Å²) in [6, 6.07) is -0.0593. The van der Waals surface area contributed by atoms with Gasteiger partial charge in [0, 0.05) is 18.5 Å². The second kappa shape index (κ2) is 5.21. The maximum Gasteiger partial charge on any atom is 0.314 e. The van der Waals surface area contributed by atoms with Gasteiger partial charge in [-0.2, -0.15) is 0 Å². The first-order valence-electron chi connectivity index (χ1n) is 8.24. The van der Waals surface area contributed by atoms with Gasteiger partial charge in [-0.3, -0.25) is 0 Å². The number of aliphatic hydroxyl groups is 1. The van der Waals surface area contributed by atoms with Gasteiger partial charge in [0.25, 0.3) is 0 Å². The summed E-state index contributed by atoms with van der Waals surface area (Å²) >= 11 is 0. The van der Waals surface area contributed by atoms with E-state index in [9.17, 15) is 9.90 Å². The number of hydrogen-bond donors (Lipinski definition) is 3. The number of urea groups is 1. The van der Waals surface area contributed by atoms with Crippen molar-refractivity contribution in [3.63, 3.8) is 0 Å². The molecule has 2 amide bonds. The molecule has 2 atom stereocenters. The van der Waals surface area contributed by atoms with Crippen LogP contribution in [0.3, 0.4) is 0 Å². The molecule has 20 heavy (non-hydrogen) atoms. The SMILES string of the molecule is CC1(CNC(=O)NCC2(C3CC3)CC2)CCCCC1O. The molecule has 4 heteroatoms. The Kier molecular flexibility index (Phi) is 3.69. The Morgan fingerprint density at radius 1 is 1.10 bits per heavy atom. The maximum atomic E-state index is 11.9. The number of carbonyl (C=O) groups excluding carboxylic acids is 1. The molecule has 0 heterocycles. The van der Waals surface area contributed by atoms with Crippen LogP contribution in [0.5, 0.6) is 0 Å². The van der Waals surface area contributed by atoms with Crippen LogP contribution in [0.15, 0.2) is 0 Å². The molecule has 3 fully saturated rings. The van der Waals surface area contributed by atoms with Crippen molar-refractivity contribution in [3.05, 3.63) is 0 Å². The van der Waals surface area contributed by atoms with E-state index in [1.807, 2.05) is 0 Å². The van der Waals surface area contributed by atoms with Crippen molar-refractivity contribution in [2.24, 2.45) is 16.7 Å². The lowest BCUT2D eigenvalue weighted by Gasteiger charge is -2.38. The number of carbonyl (C=O) groups is 1. The molecule has 0 aromatic rings. The number of nitrogens with one attached hydrogen (secondary N) is 2. The molecule has 0 aliphatic heterocycles. The number of hydrogen-bond acceptors (Lipinski definition) is 2. The second-order valence-electron chi connectivity index (χ2n) is 7.59. The minimum atomic E-state index is -0.280. The van der Waals surface area contributed by atoms with Crippen molar-refractivity contribution in [1.29, 1.82) is 0 Å². The van der Waals surface area contributed by atoms with Crippen molar-refractivity contribution in [2.45, 2.75) is 64.4 Å². The standard InChI is InChI=1S/C16H28N2O2/c1-15(7-3-2-4-13(15)19)10-17-14(20)18-11-16(8-9-16)12-5-6-12/h12-13,19H,2-11H2,1H3,(H2,17,18,20). The summed E-state index contributed by atoms with van der Waals surface area (Å²) in [6.45, 7) is 3.50. The van der Waals surface area contributed by atoms with E-state index in [0.29, 0.717) is 12.0 Å². The van der Waals surface area contributed by atoms with Crippen molar-refractivity contribution >= 4 is 6.03 Å². The van der Waals surface area contributed by atoms with Gasteiger partial charge in [-0.05, 0) is 49.9 Å². The van der Waals surface area contributed by atoms with Gasteiger partial charge in [-0.25, -0.2) is 4.79 Å². The molecule has 4 nitrogen and oxygen atoms in total. The third kappa shape index (κ3) is 2.95. The fourth-order valence-corrected chi connectivity index (χ4v) is 3.77. The van der Waals surface area contributed by atoms with E-state index >= 15 is 0 Å². The van der Waals surface area contributed by atoms with Crippen molar-refractivity contribution < 1.29 is 9.90 Å². The van der Waals surface area contributed by atoms with Crippen LogP contribution >= 0.6 is 0 Å². The third-order valence-corrected chi connectivity index (χ3v) is 5.87. The molecule has 0 saturated heterocycles. The number of rotatable bonds is 5. The summed E-state index contributed by atoms with van der Waals surface area (Å²) in [7, 11) is 0. The molecule has 0 bridgehead atoms. The van der Waals surface area contributed by atoms with Crippen LogP contribution in [0.25, 0.3) is 0 Å². The van der Waals surface area contributed by atoms with Crippen molar-refractivity contribution in [3.8, 4) is 0 Å². The molecule has 0 radical (unpaired) electrons. The molecule has 0 spiro atoms. The number of aliphatic hydroxyl groups excluding tert-OH is 1. The summed E-state index contributed by atoms with van der Waals surface area (Å²) in [5, 5.41) is 16.1. The second-order valence-corrected chi connectivity index (χ2v) is 7.59. The predicted octanol–water partition coefficient (Wildman–Crippen LogP) is 2.42. The molecule has 0 aromatic carbocycles. The summed E-state index contributed by atoms with van der Waals surface area (Å²) in [6.07, 6.45) is 9.13. The smallest absolute Gasteiger partial charge is 0.314 e. The Hall–Kier alpha value is -0.770. The topological polar surface area (TPSA) is 61.4 Å². The minimum absolute atomic E-state index is 0.0593. The average molecular weight is 280 g/mol. The van der Waals surface area contributed by atoms with Crippen LogP contribution in [0.2, 0.25) is 0 Å². The van der Waals surface area contributed by atoms with Gasteiger partial charge < -0.3 is 15.7 Å². The van der Waals surface area contributed by atoms with Crippen molar-refractivity contribution in [2.75, 3.05) is 13.1 Å².